The largest absolute Gasteiger partial charge is 0.484 e. The van der Waals surface area contributed by atoms with Gasteiger partial charge in [0.25, 0.3) is 5.91 Å². The third-order valence-electron chi connectivity index (χ3n) is 3.63. The number of benzene rings is 2. The lowest BCUT2D eigenvalue weighted by atomic mass is 10.1. The Morgan fingerprint density at radius 3 is 2.81 bits per heavy atom. The van der Waals surface area contributed by atoms with Gasteiger partial charge in [0.05, 0.1) is 0 Å². The van der Waals surface area contributed by atoms with Crippen LogP contribution in [0, 0.1) is 0 Å². The zero-order chi connectivity index (χ0) is 14.8. The molecule has 1 heterocycles. The molecule has 21 heavy (non-hydrogen) atoms. The van der Waals surface area contributed by atoms with Gasteiger partial charge in [-0.15, -0.1) is 0 Å². The van der Waals surface area contributed by atoms with Gasteiger partial charge in [0.2, 0.25) is 0 Å². The minimum Gasteiger partial charge on any atom is -0.484 e. The molecule has 0 N–H and O–H groups in total. The molecule has 3 nitrogen and oxygen atoms in total. The second kappa shape index (κ2) is 5.90. The van der Waals surface area contributed by atoms with Crippen LogP contribution in [-0.4, -0.2) is 18.6 Å². The van der Waals surface area contributed by atoms with Gasteiger partial charge in [0.15, 0.2) is 6.61 Å². The summed E-state index contributed by atoms with van der Waals surface area (Å²) in [4.78, 5) is 14.3. The molecule has 3 rings (SSSR count). The average molecular weight is 346 g/mol. The second-order valence-corrected chi connectivity index (χ2v) is 6.11. The Morgan fingerprint density at radius 1 is 1.29 bits per heavy atom. The number of anilines is 1. The topological polar surface area (TPSA) is 29.5 Å². The molecule has 0 unspecified atom stereocenters. The molecule has 1 amide bonds. The maximum atomic E-state index is 12.5. The molecule has 0 fully saturated rings. The van der Waals surface area contributed by atoms with E-state index in [0.29, 0.717) is 5.75 Å². The number of ether oxygens (including phenoxy) is 1. The summed E-state index contributed by atoms with van der Waals surface area (Å²) in [5.74, 6) is 0.709. The Balaban J connectivity index is 1.73. The fraction of sp³-hybridized carbons (Fsp3) is 0.235. The summed E-state index contributed by atoms with van der Waals surface area (Å²) in [7, 11) is 0. The highest BCUT2D eigenvalue weighted by Gasteiger charge is 2.31. The fourth-order valence-corrected chi connectivity index (χ4v) is 3.12. The van der Waals surface area contributed by atoms with E-state index in [0.717, 1.165) is 16.6 Å². The van der Waals surface area contributed by atoms with Crippen LogP contribution in [0.1, 0.15) is 12.5 Å². The standard InChI is InChI=1S/C17H16BrNO2/c1-12-9-13-10-14(18)7-8-16(13)19(12)17(20)11-21-15-5-3-2-4-6-15/h2-8,10,12H,9,11H2,1H3/t12-/m1/s1. The van der Waals surface area contributed by atoms with Crippen molar-refractivity contribution in [1.82, 2.24) is 0 Å². The van der Waals surface area contributed by atoms with Crippen LogP contribution >= 0.6 is 15.9 Å². The summed E-state index contributed by atoms with van der Waals surface area (Å²) in [5.41, 5.74) is 2.19. The molecule has 0 aromatic heterocycles. The molecule has 0 radical (unpaired) electrons. The van der Waals surface area contributed by atoms with E-state index in [-0.39, 0.29) is 18.6 Å². The predicted octanol–water partition coefficient (Wildman–Crippen LogP) is 3.81. The van der Waals surface area contributed by atoms with E-state index >= 15 is 0 Å². The van der Waals surface area contributed by atoms with Gasteiger partial charge < -0.3 is 9.64 Å². The molecule has 1 atom stereocenters. The highest BCUT2D eigenvalue weighted by Crippen LogP contribution is 2.34. The number of hydrogen-bond donors (Lipinski definition) is 0. The van der Waals surface area contributed by atoms with Crippen LogP contribution in [0.2, 0.25) is 0 Å². The molecular weight excluding hydrogens is 330 g/mol. The van der Waals surface area contributed by atoms with Gasteiger partial charge in [-0.05, 0) is 49.2 Å². The zero-order valence-electron chi connectivity index (χ0n) is 11.8. The van der Waals surface area contributed by atoms with Crippen LogP contribution in [0.4, 0.5) is 5.69 Å². The third kappa shape index (κ3) is 2.95. The molecule has 0 spiro atoms. The van der Waals surface area contributed by atoms with Crippen LogP contribution in [0.15, 0.2) is 53.0 Å². The van der Waals surface area contributed by atoms with Crippen molar-refractivity contribution < 1.29 is 9.53 Å². The van der Waals surface area contributed by atoms with E-state index < -0.39 is 0 Å². The normalized spacial score (nSPS) is 16.7. The SMILES string of the molecule is C[C@@H]1Cc2cc(Br)ccc2N1C(=O)COc1ccccc1. The molecule has 2 aromatic rings. The molecule has 108 valence electrons. The van der Waals surface area contributed by atoms with E-state index in [1.54, 1.807) is 0 Å². The van der Waals surface area contributed by atoms with E-state index in [4.69, 9.17) is 4.74 Å². The fourth-order valence-electron chi connectivity index (χ4n) is 2.71. The average Bonchev–Trinajstić information content (AvgIpc) is 2.81. The lowest BCUT2D eigenvalue weighted by Gasteiger charge is -2.22. The quantitative estimate of drug-likeness (QED) is 0.846. The highest BCUT2D eigenvalue weighted by molar-refractivity contribution is 9.10. The first kappa shape index (κ1) is 14.1. The van der Waals surface area contributed by atoms with Crippen molar-refractivity contribution in [2.24, 2.45) is 0 Å². The van der Waals surface area contributed by atoms with Crippen LogP contribution < -0.4 is 9.64 Å². The van der Waals surface area contributed by atoms with Gasteiger partial charge in [-0.1, -0.05) is 34.1 Å². The summed E-state index contributed by atoms with van der Waals surface area (Å²) in [6.45, 7) is 2.12. The van der Waals surface area contributed by atoms with Crippen molar-refractivity contribution in [2.75, 3.05) is 11.5 Å². The minimum absolute atomic E-state index is 0.00701. The lowest BCUT2D eigenvalue weighted by molar-refractivity contribution is -0.120. The van der Waals surface area contributed by atoms with Gasteiger partial charge >= 0.3 is 0 Å². The predicted molar refractivity (Wildman–Crippen MR) is 86.7 cm³/mol. The number of para-hydroxylation sites is 1. The number of carbonyl (C=O) groups is 1. The Hall–Kier alpha value is -1.81. The van der Waals surface area contributed by atoms with Crippen molar-refractivity contribution in [3.05, 3.63) is 58.6 Å². The third-order valence-corrected chi connectivity index (χ3v) is 4.12. The maximum Gasteiger partial charge on any atom is 0.265 e. The first-order valence-electron chi connectivity index (χ1n) is 6.93. The molecule has 0 saturated carbocycles. The summed E-state index contributed by atoms with van der Waals surface area (Å²) in [6.07, 6.45) is 0.881. The number of nitrogens with zero attached hydrogens (tertiary/aromatic N) is 1. The van der Waals surface area contributed by atoms with Crippen LogP contribution in [0.3, 0.4) is 0 Å². The van der Waals surface area contributed by atoms with Crippen molar-refractivity contribution in [3.8, 4) is 5.75 Å². The van der Waals surface area contributed by atoms with E-state index in [9.17, 15) is 4.79 Å². The van der Waals surface area contributed by atoms with Gasteiger partial charge in [-0.25, -0.2) is 0 Å². The molecule has 0 aliphatic carbocycles. The number of amides is 1. The van der Waals surface area contributed by atoms with Gasteiger partial charge in [-0.2, -0.15) is 0 Å². The highest BCUT2D eigenvalue weighted by atomic mass is 79.9. The number of fused-ring (bicyclic) bond motifs is 1. The number of rotatable bonds is 3. The first-order valence-corrected chi connectivity index (χ1v) is 7.73. The van der Waals surface area contributed by atoms with Crippen LogP contribution in [-0.2, 0) is 11.2 Å². The molecule has 0 saturated heterocycles. The lowest BCUT2D eigenvalue weighted by Crippen LogP contribution is -2.39. The molecule has 0 bridgehead atoms. The van der Waals surface area contributed by atoms with E-state index in [1.165, 1.54) is 5.56 Å². The Bertz CT molecular complexity index is 657. The minimum atomic E-state index is -0.00701. The van der Waals surface area contributed by atoms with Gasteiger partial charge in [0.1, 0.15) is 5.75 Å². The number of hydrogen-bond acceptors (Lipinski definition) is 2. The molecule has 2 aromatic carbocycles. The van der Waals surface area contributed by atoms with Gasteiger partial charge in [-0.3, -0.25) is 4.79 Å². The molecule has 1 aliphatic heterocycles. The van der Waals surface area contributed by atoms with E-state index in [2.05, 4.69) is 28.9 Å². The van der Waals surface area contributed by atoms with Crippen molar-refractivity contribution in [3.63, 3.8) is 0 Å². The maximum absolute atomic E-state index is 12.5. The zero-order valence-corrected chi connectivity index (χ0v) is 13.3. The number of carbonyl (C=O) groups excluding carboxylic acids is 1. The Morgan fingerprint density at radius 2 is 2.05 bits per heavy atom. The number of halogens is 1. The van der Waals surface area contributed by atoms with E-state index in [1.807, 2.05) is 47.4 Å². The monoisotopic (exact) mass is 345 g/mol. The van der Waals surface area contributed by atoms with Gasteiger partial charge in [0, 0.05) is 16.2 Å². The van der Waals surface area contributed by atoms with Crippen molar-refractivity contribution in [1.29, 1.82) is 0 Å². The molecule has 1 aliphatic rings. The Kier molecular flexibility index (Phi) is 3.97. The van der Waals surface area contributed by atoms with Crippen molar-refractivity contribution >= 4 is 27.5 Å². The first-order chi connectivity index (χ1) is 10.1. The summed E-state index contributed by atoms with van der Waals surface area (Å²) < 4.78 is 6.61. The summed E-state index contributed by atoms with van der Waals surface area (Å²) in [6, 6.07) is 15.6. The smallest absolute Gasteiger partial charge is 0.265 e. The molecular formula is C17H16BrNO2. The van der Waals surface area contributed by atoms with Crippen molar-refractivity contribution in [2.45, 2.75) is 19.4 Å². The summed E-state index contributed by atoms with van der Waals surface area (Å²) >= 11 is 3.47. The second-order valence-electron chi connectivity index (χ2n) is 5.19. The summed E-state index contributed by atoms with van der Waals surface area (Å²) in [5, 5.41) is 0. The Labute approximate surface area is 132 Å². The molecule has 4 heteroatoms. The van der Waals surface area contributed by atoms with Crippen LogP contribution in [0.5, 0.6) is 5.75 Å². The van der Waals surface area contributed by atoms with Crippen LogP contribution in [0.25, 0.3) is 0 Å².